The minimum absolute atomic E-state index is 0.0150. The molecule has 0 aromatic heterocycles. The van der Waals surface area contributed by atoms with E-state index in [9.17, 15) is 9.90 Å². The third kappa shape index (κ3) is 5.63. The molecule has 2 nitrogen and oxygen atoms in total. The van der Waals surface area contributed by atoms with Crippen molar-refractivity contribution in [2.75, 3.05) is 6.61 Å². The Hall–Kier alpha value is -0.370. The molecule has 2 heteroatoms. The summed E-state index contributed by atoms with van der Waals surface area (Å²) in [5.41, 5.74) is 0. The second kappa shape index (κ2) is 6.63. The van der Waals surface area contributed by atoms with Gasteiger partial charge in [-0.3, -0.25) is 4.79 Å². The first-order valence-corrected chi connectivity index (χ1v) is 2.85. The molecule has 0 saturated carbocycles. The van der Waals surface area contributed by atoms with Crippen LogP contribution in [-0.2, 0) is 9.90 Å². The van der Waals surface area contributed by atoms with Crippen LogP contribution in [0.4, 0.5) is 0 Å². The Labute approximate surface area is 49.5 Å². The lowest BCUT2D eigenvalue weighted by Crippen LogP contribution is -1.81. The van der Waals surface area contributed by atoms with E-state index in [0.717, 1.165) is 12.8 Å². The highest BCUT2D eigenvalue weighted by Crippen LogP contribution is 1.95. The fourth-order valence-corrected chi connectivity index (χ4v) is 0.476. The number of rotatable bonds is 5. The van der Waals surface area contributed by atoms with Crippen LogP contribution in [0.15, 0.2) is 0 Å². The van der Waals surface area contributed by atoms with Crippen LogP contribution in [0.2, 0.25) is 0 Å². The van der Waals surface area contributed by atoms with Crippen LogP contribution in [-0.4, -0.2) is 12.9 Å². The van der Waals surface area contributed by atoms with Crippen molar-refractivity contribution in [2.24, 2.45) is 0 Å². The van der Waals surface area contributed by atoms with Gasteiger partial charge in [0.25, 0.3) is 0 Å². The highest BCUT2D eigenvalue weighted by Gasteiger charge is 1.85. The Kier molecular flexibility index (Phi) is 6.32. The molecule has 8 heavy (non-hydrogen) atoms. The van der Waals surface area contributed by atoms with E-state index in [2.05, 4.69) is 0 Å². The van der Waals surface area contributed by atoms with Crippen LogP contribution < -0.4 is 0 Å². The summed E-state index contributed by atoms with van der Waals surface area (Å²) in [5.74, 6) is 0. The van der Waals surface area contributed by atoms with Gasteiger partial charge in [0.05, 0.1) is 6.61 Å². The Balaban J connectivity index is 2.62. The molecule has 0 aromatic rings. The maximum Gasteiger partial charge on any atom is 0.198 e. The Morgan fingerprint density at radius 1 is 1.12 bits per heavy atom. The van der Waals surface area contributed by atoms with Crippen LogP contribution >= 0.6 is 0 Å². The van der Waals surface area contributed by atoms with Gasteiger partial charge in [-0.1, -0.05) is 6.42 Å². The topological polar surface area (TPSA) is 37.0 Å². The summed E-state index contributed by atoms with van der Waals surface area (Å²) < 4.78 is 0. The third-order valence-corrected chi connectivity index (χ3v) is 0.923. The standard InChI is InChI=1S/C6H10O2/c7-5-3-1-2-4-6-8/h1-5H2. The number of hydrogen-bond donors (Lipinski definition) is 0. The maximum absolute atomic E-state index is 9.79. The first-order chi connectivity index (χ1) is 3.91. The van der Waals surface area contributed by atoms with Crippen molar-refractivity contribution in [1.82, 2.24) is 0 Å². The molecule has 0 aliphatic heterocycles. The summed E-state index contributed by atoms with van der Waals surface area (Å²) in [4.78, 5) is 9.56. The molecule has 0 saturated heterocycles. The smallest absolute Gasteiger partial charge is 0.198 e. The van der Waals surface area contributed by atoms with E-state index in [4.69, 9.17) is 0 Å². The molecular weight excluding hydrogens is 104 g/mol. The lowest BCUT2D eigenvalue weighted by molar-refractivity contribution is 0.186. The van der Waals surface area contributed by atoms with Gasteiger partial charge >= 0.3 is 0 Å². The molecule has 0 bridgehead atoms. The van der Waals surface area contributed by atoms with Gasteiger partial charge in [0, 0.05) is 6.42 Å². The molecular formula is C6H10O2. The first kappa shape index (κ1) is 7.63. The van der Waals surface area contributed by atoms with Gasteiger partial charge in [0.15, 0.2) is 6.29 Å². The zero-order valence-corrected chi connectivity index (χ0v) is 4.85. The summed E-state index contributed by atoms with van der Waals surface area (Å²) in [7, 11) is 0. The maximum atomic E-state index is 9.79. The Bertz CT molecular complexity index is 52.5. The third-order valence-electron chi connectivity index (χ3n) is 0.923. The quantitative estimate of drug-likeness (QED) is 0.493. The molecule has 0 aliphatic carbocycles. The number of unbranched alkanes of at least 4 members (excludes halogenated alkanes) is 3. The lowest BCUT2D eigenvalue weighted by atomic mass is 10.2. The number of carbonyl (C=O) groups excluding carboxylic acids is 1. The summed E-state index contributed by atoms with van der Waals surface area (Å²) >= 11 is 0. The summed E-state index contributed by atoms with van der Waals surface area (Å²) in [6.45, 7) is -0.0150. The molecule has 0 amide bonds. The minimum Gasteiger partial charge on any atom is -0.291 e. The van der Waals surface area contributed by atoms with Crippen molar-refractivity contribution in [3.8, 4) is 0 Å². The van der Waals surface area contributed by atoms with E-state index in [1.165, 1.54) is 0 Å². The van der Waals surface area contributed by atoms with Gasteiger partial charge in [-0.25, -0.2) is 5.11 Å². The molecule has 0 heterocycles. The Morgan fingerprint density at radius 2 is 1.88 bits per heavy atom. The minimum atomic E-state index is -0.0150. The highest BCUT2D eigenvalue weighted by atomic mass is 16.2. The number of hydrogen-bond acceptors (Lipinski definition) is 1. The van der Waals surface area contributed by atoms with Crippen molar-refractivity contribution in [1.29, 1.82) is 0 Å². The van der Waals surface area contributed by atoms with Crippen LogP contribution in [0.5, 0.6) is 0 Å². The highest BCUT2D eigenvalue weighted by molar-refractivity contribution is 5.50. The second-order valence-electron chi connectivity index (χ2n) is 1.66. The molecule has 2 radical (unpaired) electrons. The molecule has 0 atom stereocenters. The molecule has 0 rings (SSSR count). The van der Waals surface area contributed by atoms with Crippen molar-refractivity contribution in [2.45, 2.75) is 25.7 Å². The predicted molar refractivity (Wildman–Crippen MR) is 29.7 cm³/mol. The molecule has 0 fully saturated rings. The fraction of sp³-hybridized carbons (Fsp3) is 0.833. The largest absolute Gasteiger partial charge is 0.291 e. The molecule has 0 unspecified atom stereocenters. The van der Waals surface area contributed by atoms with Gasteiger partial charge in [-0.05, 0) is 12.8 Å². The average Bonchev–Trinajstić information content (AvgIpc) is 1.81. The monoisotopic (exact) mass is 114 g/mol. The molecule has 0 aliphatic rings. The summed E-state index contributed by atoms with van der Waals surface area (Å²) in [6.07, 6.45) is 4.66. The van der Waals surface area contributed by atoms with Crippen LogP contribution in [0.1, 0.15) is 25.7 Å². The van der Waals surface area contributed by atoms with Gasteiger partial charge < -0.3 is 0 Å². The van der Waals surface area contributed by atoms with E-state index in [-0.39, 0.29) is 6.61 Å². The van der Waals surface area contributed by atoms with E-state index >= 15 is 0 Å². The van der Waals surface area contributed by atoms with Crippen molar-refractivity contribution in [3.63, 3.8) is 0 Å². The van der Waals surface area contributed by atoms with Crippen LogP contribution in [0.25, 0.3) is 0 Å². The Morgan fingerprint density at radius 3 is 2.38 bits per heavy atom. The van der Waals surface area contributed by atoms with Gasteiger partial charge in [0.2, 0.25) is 0 Å². The van der Waals surface area contributed by atoms with Crippen molar-refractivity contribution >= 4 is 6.29 Å². The van der Waals surface area contributed by atoms with Crippen molar-refractivity contribution in [3.05, 3.63) is 0 Å². The fourth-order valence-electron chi connectivity index (χ4n) is 0.476. The van der Waals surface area contributed by atoms with Crippen LogP contribution in [0.3, 0.4) is 0 Å². The predicted octanol–water partition coefficient (Wildman–Crippen LogP) is 1.09. The summed E-state index contributed by atoms with van der Waals surface area (Å²) in [5, 5.41) is 9.79. The first-order valence-electron chi connectivity index (χ1n) is 2.85. The van der Waals surface area contributed by atoms with E-state index < -0.39 is 0 Å². The second-order valence-corrected chi connectivity index (χ2v) is 1.66. The summed E-state index contributed by atoms with van der Waals surface area (Å²) in [6, 6.07) is 0. The van der Waals surface area contributed by atoms with Crippen LogP contribution in [0, 0.1) is 0 Å². The SMILES string of the molecule is [O]CCCCC[C]=O. The molecule has 0 N–H and O–H groups in total. The van der Waals surface area contributed by atoms with E-state index in [0.29, 0.717) is 12.8 Å². The van der Waals surface area contributed by atoms with E-state index in [1.54, 1.807) is 6.29 Å². The molecule has 0 aromatic carbocycles. The lowest BCUT2D eigenvalue weighted by Gasteiger charge is -1.88. The van der Waals surface area contributed by atoms with Crippen molar-refractivity contribution < 1.29 is 9.90 Å². The van der Waals surface area contributed by atoms with Gasteiger partial charge in [-0.15, -0.1) is 0 Å². The van der Waals surface area contributed by atoms with Gasteiger partial charge in [0.1, 0.15) is 0 Å². The van der Waals surface area contributed by atoms with Gasteiger partial charge in [-0.2, -0.15) is 0 Å². The molecule has 0 spiro atoms. The zero-order valence-electron chi connectivity index (χ0n) is 4.85. The average molecular weight is 114 g/mol. The normalized spacial score (nSPS) is 9.12. The zero-order chi connectivity index (χ0) is 6.24. The molecule has 46 valence electrons. The van der Waals surface area contributed by atoms with E-state index in [1.807, 2.05) is 0 Å².